The van der Waals surface area contributed by atoms with E-state index in [0.717, 1.165) is 36.3 Å². The molecule has 0 aromatic heterocycles. The van der Waals surface area contributed by atoms with E-state index in [1.54, 1.807) is 0 Å². The molecule has 21 heavy (non-hydrogen) atoms. The van der Waals surface area contributed by atoms with Gasteiger partial charge in [-0.2, -0.15) is 0 Å². The Kier molecular flexibility index (Phi) is 6.23. The van der Waals surface area contributed by atoms with E-state index in [0.29, 0.717) is 0 Å². The lowest BCUT2D eigenvalue weighted by atomic mass is 9.74. The highest BCUT2D eigenvalue weighted by Crippen LogP contribution is 2.38. The lowest BCUT2D eigenvalue weighted by Gasteiger charge is -2.44. The lowest BCUT2D eigenvalue weighted by Crippen LogP contribution is -2.57. The number of hydrazine groups is 1. The maximum atomic E-state index is 6.22. The summed E-state index contributed by atoms with van der Waals surface area (Å²) < 4.78 is 7.32. The summed E-state index contributed by atoms with van der Waals surface area (Å²) in [5.41, 5.74) is 4.21. The third-order valence-electron chi connectivity index (χ3n) is 4.74. The standard InChI is InChI=1S/C17H27BrN2O/c1-3-21-17(10-8-13(2)9-11-17)16(20-19)12-14-4-6-15(18)7-5-14/h4-7,13,16,20H,3,8-12,19H2,1-2H3. The summed E-state index contributed by atoms with van der Waals surface area (Å²) in [6.45, 7) is 5.15. The molecular weight excluding hydrogens is 328 g/mol. The Morgan fingerprint density at radius 3 is 2.48 bits per heavy atom. The van der Waals surface area contributed by atoms with Crippen molar-refractivity contribution in [3.8, 4) is 0 Å². The Hall–Kier alpha value is -0.420. The van der Waals surface area contributed by atoms with Gasteiger partial charge >= 0.3 is 0 Å². The second kappa shape index (κ2) is 7.73. The van der Waals surface area contributed by atoms with E-state index in [1.165, 1.54) is 18.4 Å². The SMILES string of the molecule is CCOC1(C(Cc2ccc(Br)cc2)NN)CCC(C)CC1. The molecule has 1 aromatic carbocycles. The van der Waals surface area contributed by atoms with Gasteiger partial charge in [-0.1, -0.05) is 35.0 Å². The normalized spacial score (nSPS) is 27.5. The highest BCUT2D eigenvalue weighted by molar-refractivity contribution is 9.10. The van der Waals surface area contributed by atoms with Gasteiger partial charge in [0.05, 0.1) is 11.6 Å². The first kappa shape index (κ1) is 16.9. The molecule has 0 amide bonds. The molecule has 1 aromatic rings. The Balaban J connectivity index is 2.13. The molecule has 0 heterocycles. The summed E-state index contributed by atoms with van der Waals surface area (Å²) in [6.07, 6.45) is 5.52. The number of rotatable bonds is 6. The molecule has 0 saturated heterocycles. The molecule has 1 atom stereocenters. The topological polar surface area (TPSA) is 47.3 Å². The second-order valence-corrected chi connectivity index (χ2v) is 7.15. The summed E-state index contributed by atoms with van der Waals surface area (Å²) in [4.78, 5) is 0. The quantitative estimate of drug-likeness (QED) is 0.603. The first-order valence-electron chi connectivity index (χ1n) is 7.94. The van der Waals surface area contributed by atoms with Crippen LogP contribution in [0.5, 0.6) is 0 Å². The van der Waals surface area contributed by atoms with Crippen LogP contribution in [-0.2, 0) is 11.2 Å². The van der Waals surface area contributed by atoms with Crippen molar-refractivity contribution in [2.75, 3.05) is 6.61 Å². The number of ether oxygens (including phenoxy) is 1. The molecule has 0 bridgehead atoms. The van der Waals surface area contributed by atoms with Gasteiger partial charge in [0.1, 0.15) is 0 Å². The smallest absolute Gasteiger partial charge is 0.0851 e. The largest absolute Gasteiger partial charge is 0.374 e. The van der Waals surface area contributed by atoms with Crippen molar-refractivity contribution in [2.45, 2.75) is 57.6 Å². The average Bonchev–Trinajstić information content (AvgIpc) is 2.49. The van der Waals surface area contributed by atoms with Gasteiger partial charge < -0.3 is 4.74 Å². The van der Waals surface area contributed by atoms with Crippen molar-refractivity contribution in [3.63, 3.8) is 0 Å². The van der Waals surface area contributed by atoms with Gasteiger partial charge in [0.15, 0.2) is 0 Å². The molecule has 0 spiro atoms. The Morgan fingerprint density at radius 2 is 1.95 bits per heavy atom. The van der Waals surface area contributed by atoms with Crippen molar-refractivity contribution >= 4 is 15.9 Å². The zero-order chi connectivity index (χ0) is 15.3. The maximum Gasteiger partial charge on any atom is 0.0851 e. The highest BCUT2D eigenvalue weighted by atomic mass is 79.9. The van der Waals surface area contributed by atoms with E-state index < -0.39 is 0 Å². The number of nitrogens with two attached hydrogens (primary N) is 1. The number of hydrogen-bond acceptors (Lipinski definition) is 3. The lowest BCUT2D eigenvalue weighted by molar-refractivity contribution is -0.0961. The van der Waals surface area contributed by atoms with E-state index in [4.69, 9.17) is 10.6 Å². The van der Waals surface area contributed by atoms with E-state index in [1.807, 2.05) is 0 Å². The molecule has 2 rings (SSSR count). The van der Waals surface area contributed by atoms with E-state index in [2.05, 4.69) is 59.5 Å². The molecule has 0 aliphatic heterocycles. The van der Waals surface area contributed by atoms with Crippen LogP contribution >= 0.6 is 15.9 Å². The summed E-state index contributed by atoms with van der Waals surface area (Å²) in [5.74, 6) is 6.69. The van der Waals surface area contributed by atoms with Crippen LogP contribution in [0.4, 0.5) is 0 Å². The molecule has 0 radical (unpaired) electrons. The minimum atomic E-state index is -0.122. The fourth-order valence-corrected chi connectivity index (χ4v) is 3.65. The maximum absolute atomic E-state index is 6.22. The molecule has 4 heteroatoms. The molecule has 1 fully saturated rings. The first-order valence-corrected chi connectivity index (χ1v) is 8.73. The second-order valence-electron chi connectivity index (χ2n) is 6.23. The highest BCUT2D eigenvalue weighted by Gasteiger charge is 2.41. The van der Waals surface area contributed by atoms with Gasteiger partial charge in [-0.15, -0.1) is 0 Å². The number of hydrogen-bond donors (Lipinski definition) is 2. The first-order chi connectivity index (χ1) is 10.1. The minimum absolute atomic E-state index is 0.122. The Bertz CT molecular complexity index is 427. The molecule has 3 nitrogen and oxygen atoms in total. The van der Waals surface area contributed by atoms with Crippen molar-refractivity contribution in [1.82, 2.24) is 5.43 Å². The van der Waals surface area contributed by atoms with Crippen LogP contribution in [0.2, 0.25) is 0 Å². The summed E-state index contributed by atoms with van der Waals surface area (Å²) in [7, 11) is 0. The van der Waals surface area contributed by atoms with Gasteiger partial charge in [0.25, 0.3) is 0 Å². The van der Waals surface area contributed by atoms with Crippen molar-refractivity contribution < 1.29 is 4.74 Å². The van der Waals surface area contributed by atoms with Crippen molar-refractivity contribution in [3.05, 3.63) is 34.3 Å². The van der Waals surface area contributed by atoms with Crippen LogP contribution in [0, 0.1) is 5.92 Å². The van der Waals surface area contributed by atoms with Crippen LogP contribution in [0.3, 0.4) is 0 Å². The number of benzene rings is 1. The average molecular weight is 355 g/mol. The number of halogens is 1. The van der Waals surface area contributed by atoms with Gasteiger partial charge in [-0.25, -0.2) is 0 Å². The summed E-state index contributed by atoms with van der Waals surface area (Å²) in [5, 5.41) is 0. The van der Waals surface area contributed by atoms with Crippen molar-refractivity contribution in [2.24, 2.45) is 11.8 Å². The predicted molar refractivity (Wildman–Crippen MR) is 90.9 cm³/mol. The minimum Gasteiger partial charge on any atom is -0.374 e. The predicted octanol–water partition coefficient (Wildman–Crippen LogP) is 3.81. The van der Waals surface area contributed by atoms with Gasteiger partial charge in [-0.05, 0) is 62.6 Å². The van der Waals surface area contributed by atoms with Gasteiger partial charge in [0.2, 0.25) is 0 Å². The van der Waals surface area contributed by atoms with Crippen LogP contribution in [0.1, 0.15) is 45.1 Å². The molecule has 1 unspecified atom stereocenters. The van der Waals surface area contributed by atoms with Crippen LogP contribution in [-0.4, -0.2) is 18.2 Å². The Morgan fingerprint density at radius 1 is 1.33 bits per heavy atom. The Labute approximate surface area is 136 Å². The van der Waals surface area contributed by atoms with Crippen LogP contribution < -0.4 is 11.3 Å². The molecule has 3 N–H and O–H groups in total. The van der Waals surface area contributed by atoms with E-state index in [9.17, 15) is 0 Å². The number of nitrogens with one attached hydrogen (secondary N) is 1. The molecule has 1 aliphatic carbocycles. The van der Waals surface area contributed by atoms with E-state index in [-0.39, 0.29) is 11.6 Å². The fourth-order valence-electron chi connectivity index (χ4n) is 3.38. The molecular formula is C17H27BrN2O. The zero-order valence-electron chi connectivity index (χ0n) is 13.1. The third kappa shape index (κ3) is 4.28. The van der Waals surface area contributed by atoms with Gasteiger partial charge in [-0.3, -0.25) is 11.3 Å². The van der Waals surface area contributed by atoms with Crippen LogP contribution in [0.15, 0.2) is 28.7 Å². The molecule has 118 valence electrons. The van der Waals surface area contributed by atoms with E-state index >= 15 is 0 Å². The monoisotopic (exact) mass is 354 g/mol. The molecule has 1 saturated carbocycles. The van der Waals surface area contributed by atoms with Crippen molar-refractivity contribution in [1.29, 1.82) is 0 Å². The summed E-state index contributed by atoms with van der Waals surface area (Å²) >= 11 is 3.48. The van der Waals surface area contributed by atoms with Gasteiger partial charge in [0, 0.05) is 11.1 Å². The third-order valence-corrected chi connectivity index (χ3v) is 5.27. The summed E-state index contributed by atoms with van der Waals surface area (Å²) in [6, 6.07) is 8.63. The molecule has 1 aliphatic rings. The fraction of sp³-hybridized carbons (Fsp3) is 0.647. The van der Waals surface area contributed by atoms with Crippen LogP contribution in [0.25, 0.3) is 0 Å². The zero-order valence-corrected chi connectivity index (χ0v) is 14.7.